The number of pyridine rings is 1. The Bertz CT molecular complexity index is 1450. The molecular formula is C22H20N8O4. The zero-order valence-corrected chi connectivity index (χ0v) is 18.5. The van der Waals surface area contributed by atoms with E-state index in [9.17, 15) is 20.0 Å². The molecule has 0 spiro atoms. The normalized spacial score (nSPS) is 12.6. The molecule has 0 aliphatic carbocycles. The standard InChI is InChI=1S/C22H20N8O4/c1-12(17(13-8-25-29(2)10-13)15-5-4-6-24-16(15)7-23)20-28-18(19(31)22(33)30(20)3)21(32)27-14-9-26-34-11-14/h4-6,8-12,17,31H,1-3H3,(H,27,32). The highest BCUT2D eigenvalue weighted by Gasteiger charge is 2.31. The van der Waals surface area contributed by atoms with Gasteiger partial charge in [-0.25, -0.2) is 9.97 Å². The molecule has 1 amide bonds. The smallest absolute Gasteiger partial charge is 0.296 e. The van der Waals surface area contributed by atoms with Gasteiger partial charge in [0.2, 0.25) is 5.75 Å². The fourth-order valence-electron chi connectivity index (χ4n) is 3.88. The Morgan fingerprint density at radius 3 is 2.76 bits per heavy atom. The maximum absolute atomic E-state index is 12.8. The summed E-state index contributed by atoms with van der Waals surface area (Å²) in [6.45, 7) is 1.81. The van der Waals surface area contributed by atoms with Crippen molar-refractivity contribution in [3.8, 4) is 11.8 Å². The quantitative estimate of drug-likeness (QED) is 0.435. The van der Waals surface area contributed by atoms with Crippen LogP contribution in [-0.2, 0) is 14.1 Å². The van der Waals surface area contributed by atoms with Gasteiger partial charge in [-0.1, -0.05) is 18.1 Å². The molecule has 0 bridgehead atoms. The van der Waals surface area contributed by atoms with E-state index in [0.29, 0.717) is 5.56 Å². The van der Waals surface area contributed by atoms with Crippen molar-refractivity contribution in [1.82, 2.24) is 29.5 Å². The maximum atomic E-state index is 12.8. The highest BCUT2D eigenvalue weighted by atomic mass is 16.5. The molecule has 2 N–H and O–H groups in total. The summed E-state index contributed by atoms with van der Waals surface area (Å²) < 4.78 is 7.49. The first kappa shape index (κ1) is 22.4. The van der Waals surface area contributed by atoms with E-state index in [1.807, 2.05) is 6.92 Å². The number of hydrogen-bond acceptors (Lipinski definition) is 9. The van der Waals surface area contributed by atoms with Crippen LogP contribution in [0.1, 0.15) is 51.9 Å². The van der Waals surface area contributed by atoms with Crippen LogP contribution in [0.4, 0.5) is 5.69 Å². The molecule has 0 saturated carbocycles. The summed E-state index contributed by atoms with van der Waals surface area (Å²) in [5.41, 5.74) is 0.605. The number of hydrogen-bond donors (Lipinski definition) is 2. The molecule has 0 aromatic carbocycles. The Labute approximate surface area is 193 Å². The summed E-state index contributed by atoms with van der Waals surface area (Å²) in [6, 6.07) is 5.59. The van der Waals surface area contributed by atoms with Gasteiger partial charge in [-0.15, -0.1) is 0 Å². The van der Waals surface area contributed by atoms with Crippen molar-refractivity contribution < 1.29 is 14.4 Å². The first-order chi connectivity index (χ1) is 16.3. The van der Waals surface area contributed by atoms with Gasteiger partial charge in [-0.05, 0) is 17.2 Å². The minimum Gasteiger partial charge on any atom is -0.501 e. The van der Waals surface area contributed by atoms with Crippen molar-refractivity contribution in [3.63, 3.8) is 0 Å². The molecule has 34 heavy (non-hydrogen) atoms. The lowest BCUT2D eigenvalue weighted by Crippen LogP contribution is -2.29. The molecular weight excluding hydrogens is 440 g/mol. The minimum atomic E-state index is -0.802. The molecule has 4 aromatic rings. The highest BCUT2D eigenvalue weighted by Crippen LogP contribution is 2.38. The predicted octanol–water partition coefficient (Wildman–Crippen LogP) is 1.66. The molecule has 172 valence electrons. The van der Waals surface area contributed by atoms with Gasteiger partial charge in [0.05, 0.1) is 12.4 Å². The Hall–Kier alpha value is -4.79. The van der Waals surface area contributed by atoms with Crippen LogP contribution in [0, 0.1) is 11.3 Å². The summed E-state index contributed by atoms with van der Waals surface area (Å²) in [5.74, 6) is -2.37. The summed E-state index contributed by atoms with van der Waals surface area (Å²) in [6.07, 6.45) is 7.45. The van der Waals surface area contributed by atoms with Crippen molar-refractivity contribution in [2.45, 2.75) is 18.8 Å². The van der Waals surface area contributed by atoms with Crippen LogP contribution >= 0.6 is 0 Å². The molecule has 0 aliphatic heterocycles. The van der Waals surface area contributed by atoms with Crippen molar-refractivity contribution in [1.29, 1.82) is 5.26 Å². The van der Waals surface area contributed by atoms with Crippen LogP contribution < -0.4 is 10.9 Å². The van der Waals surface area contributed by atoms with Gasteiger partial charge in [0.25, 0.3) is 11.5 Å². The monoisotopic (exact) mass is 460 g/mol. The van der Waals surface area contributed by atoms with Gasteiger partial charge in [-0.3, -0.25) is 18.8 Å². The van der Waals surface area contributed by atoms with Gasteiger partial charge >= 0.3 is 0 Å². The number of rotatable bonds is 6. The second kappa shape index (κ2) is 8.99. The van der Waals surface area contributed by atoms with E-state index in [0.717, 1.165) is 5.56 Å². The lowest BCUT2D eigenvalue weighted by molar-refractivity contribution is 0.101. The van der Waals surface area contributed by atoms with E-state index in [1.54, 1.807) is 36.3 Å². The van der Waals surface area contributed by atoms with Crippen LogP contribution in [-0.4, -0.2) is 40.5 Å². The van der Waals surface area contributed by atoms with Crippen LogP contribution in [0.25, 0.3) is 0 Å². The van der Waals surface area contributed by atoms with Gasteiger partial charge in [0.1, 0.15) is 29.5 Å². The average Bonchev–Trinajstić information content (AvgIpc) is 3.50. The predicted molar refractivity (Wildman–Crippen MR) is 118 cm³/mol. The third kappa shape index (κ3) is 4.02. The summed E-state index contributed by atoms with van der Waals surface area (Å²) in [7, 11) is 3.22. The first-order valence-corrected chi connectivity index (χ1v) is 10.2. The summed E-state index contributed by atoms with van der Waals surface area (Å²) in [4.78, 5) is 34.1. The maximum Gasteiger partial charge on any atom is 0.296 e. The molecule has 2 unspecified atom stereocenters. The second-order valence-corrected chi connectivity index (χ2v) is 7.67. The molecule has 4 heterocycles. The van der Waals surface area contributed by atoms with Crippen molar-refractivity contribution in [2.24, 2.45) is 14.1 Å². The third-order valence-corrected chi connectivity index (χ3v) is 5.48. The van der Waals surface area contributed by atoms with E-state index in [4.69, 9.17) is 0 Å². The van der Waals surface area contributed by atoms with Gasteiger partial charge in [0, 0.05) is 38.3 Å². The van der Waals surface area contributed by atoms with Crippen LogP contribution in [0.3, 0.4) is 0 Å². The molecule has 4 aromatic heterocycles. The number of amides is 1. The van der Waals surface area contributed by atoms with Gasteiger partial charge in [0.15, 0.2) is 5.69 Å². The van der Waals surface area contributed by atoms with Crippen LogP contribution in [0.2, 0.25) is 0 Å². The van der Waals surface area contributed by atoms with Crippen molar-refractivity contribution >= 4 is 11.6 Å². The van der Waals surface area contributed by atoms with Crippen molar-refractivity contribution in [3.05, 3.63) is 81.9 Å². The van der Waals surface area contributed by atoms with E-state index in [2.05, 4.69) is 36.1 Å². The largest absolute Gasteiger partial charge is 0.501 e. The molecule has 0 aliphatic rings. The molecule has 12 nitrogen and oxygen atoms in total. The zero-order chi connectivity index (χ0) is 24.4. The minimum absolute atomic E-state index is 0.220. The number of anilines is 1. The molecule has 0 saturated heterocycles. The third-order valence-electron chi connectivity index (χ3n) is 5.48. The average molecular weight is 460 g/mol. The molecule has 0 radical (unpaired) electrons. The highest BCUT2D eigenvalue weighted by molar-refractivity contribution is 6.04. The summed E-state index contributed by atoms with van der Waals surface area (Å²) in [5, 5.41) is 30.2. The SMILES string of the molecule is CC(c1nc(C(=O)Nc2cnoc2)c(O)c(=O)n1C)C(c1cnn(C)c1)c1cccnc1C#N. The fourth-order valence-corrected chi connectivity index (χ4v) is 3.88. The van der Waals surface area contributed by atoms with Crippen LogP contribution in [0.15, 0.2) is 52.5 Å². The number of aromatic nitrogens is 6. The number of carbonyl (C=O) groups is 1. The van der Waals surface area contributed by atoms with Gasteiger partial charge < -0.3 is 14.9 Å². The number of aryl methyl sites for hydroxylation is 1. The number of nitrogens with one attached hydrogen (secondary N) is 1. The first-order valence-electron chi connectivity index (χ1n) is 10.2. The number of carbonyl (C=O) groups excluding carboxylic acids is 1. The molecule has 0 fully saturated rings. The molecule has 4 rings (SSSR count). The van der Waals surface area contributed by atoms with Crippen LogP contribution in [0.5, 0.6) is 5.75 Å². The fraction of sp³-hybridized carbons (Fsp3) is 0.227. The Kier molecular flexibility index (Phi) is 5.92. The topological polar surface area (TPSA) is 165 Å². The van der Waals surface area contributed by atoms with E-state index < -0.39 is 34.7 Å². The zero-order valence-electron chi connectivity index (χ0n) is 18.5. The Morgan fingerprint density at radius 2 is 2.12 bits per heavy atom. The van der Waals surface area contributed by atoms with Crippen molar-refractivity contribution in [2.75, 3.05) is 5.32 Å². The van der Waals surface area contributed by atoms with E-state index in [1.165, 1.54) is 30.3 Å². The Morgan fingerprint density at radius 1 is 1.32 bits per heavy atom. The number of aromatic hydroxyl groups is 1. The summed E-state index contributed by atoms with van der Waals surface area (Å²) >= 11 is 0. The molecule has 12 heteroatoms. The lowest BCUT2D eigenvalue weighted by Gasteiger charge is -2.25. The Balaban J connectivity index is 1.85. The van der Waals surface area contributed by atoms with Gasteiger partial charge in [-0.2, -0.15) is 10.4 Å². The molecule has 2 atom stereocenters. The van der Waals surface area contributed by atoms with E-state index in [-0.39, 0.29) is 17.2 Å². The lowest BCUT2D eigenvalue weighted by atomic mass is 9.81. The number of nitriles is 1. The number of nitrogens with zero attached hydrogens (tertiary/aromatic N) is 7. The van der Waals surface area contributed by atoms with E-state index >= 15 is 0 Å². The second-order valence-electron chi connectivity index (χ2n) is 7.67.